The molecule has 6 heteroatoms. The van der Waals surface area contributed by atoms with E-state index >= 15 is 0 Å². The third kappa shape index (κ3) is 2.57. The van der Waals surface area contributed by atoms with Crippen molar-refractivity contribution in [2.24, 2.45) is 0 Å². The molecule has 3 N–H and O–H groups in total. The van der Waals surface area contributed by atoms with Crippen LogP contribution in [-0.2, 0) is 0 Å². The highest BCUT2D eigenvalue weighted by Gasteiger charge is 2.08. The Morgan fingerprint density at radius 1 is 1.35 bits per heavy atom. The molecular weight excluding hydrogens is 240 g/mol. The van der Waals surface area contributed by atoms with Crippen molar-refractivity contribution in [3.8, 4) is 5.88 Å². The van der Waals surface area contributed by atoms with Gasteiger partial charge in [-0.25, -0.2) is 4.98 Å². The second kappa shape index (κ2) is 4.88. The van der Waals surface area contributed by atoms with E-state index in [1.807, 2.05) is 12.1 Å². The molecular formula is C11H11ClN4O. The quantitative estimate of drug-likeness (QED) is 0.875. The maximum absolute atomic E-state index is 5.88. The zero-order chi connectivity index (χ0) is 12.3. The van der Waals surface area contributed by atoms with Gasteiger partial charge < -0.3 is 15.8 Å². The summed E-state index contributed by atoms with van der Waals surface area (Å²) in [5, 5.41) is 3.68. The summed E-state index contributed by atoms with van der Waals surface area (Å²) >= 11 is 5.88. The average Bonchev–Trinajstić information content (AvgIpc) is 2.32. The summed E-state index contributed by atoms with van der Waals surface area (Å²) in [5.74, 6) is 0.823. The van der Waals surface area contributed by atoms with Crippen LogP contribution in [0, 0.1) is 0 Å². The minimum Gasteiger partial charge on any atom is -0.479 e. The number of ether oxygens (including phenoxy) is 1. The molecule has 1 aromatic heterocycles. The van der Waals surface area contributed by atoms with Crippen molar-refractivity contribution in [2.75, 3.05) is 18.2 Å². The monoisotopic (exact) mass is 250 g/mol. The Bertz CT molecular complexity index is 533. The van der Waals surface area contributed by atoms with Crippen LogP contribution >= 0.6 is 11.6 Å². The number of rotatable bonds is 3. The molecule has 0 radical (unpaired) electrons. The highest BCUT2D eigenvalue weighted by atomic mass is 35.5. The summed E-state index contributed by atoms with van der Waals surface area (Å²) in [5.41, 5.74) is 6.99. The van der Waals surface area contributed by atoms with Crippen molar-refractivity contribution in [1.82, 2.24) is 9.97 Å². The molecule has 5 nitrogen and oxygen atoms in total. The van der Waals surface area contributed by atoms with Crippen LogP contribution < -0.4 is 15.8 Å². The van der Waals surface area contributed by atoms with Gasteiger partial charge in [-0.15, -0.1) is 0 Å². The first kappa shape index (κ1) is 11.5. The van der Waals surface area contributed by atoms with E-state index < -0.39 is 0 Å². The van der Waals surface area contributed by atoms with Crippen molar-refractivity contribution < 1.29 is 4.74 Å². The fraction of sp³-hybridized carbons (Fsp3) is 0.0909. The van der Waals surface area contributed by atoms with Crippen LogP contribution in [0.25, 0.3) is 0 Å². The van der Waals surface area contributed by atoms with E-state index in [9.17, 15) is 0 Å². The van der Waals surface area contributed by atoms with Gasteiger partial charge in [0.05, 0.1) is 7.11 Å². The van der Waals surface area contributed by atoms with E-state index in [2.05, 4.69) is 15.3 Å². The van der Waals surface area contributed by atoms with Crippen molar-refractivity contribution in [1.29, 1.82) is 0 Å². The number of aromatic nitrogens is 2. The summed E-state index contributed by atoms with van der Waals surface area (Å²) in [6.45, 7) is 0. The molecule has 2 rings (SSSR count). The fourth-order valence-corrected chi connectivity index (χ4v) is 1.53. The molecule has 2 aromatic rings. The second-order valence-electron chi connectivity index (χ2n) is 3.28. The Labute approximate surface area is 104 Å². The molecule has 17 heavy (non-hydrogen) atoms. The van der Waals surface area contributed by atoms with Crippen molar-refractivity contribution in [2.45, 2.75) is 0 Å². The number of hydrogen-bond donors (Lipinski definition) is 2. The molecule has 0 amide bonds. The summed E-state index contributed by atoms with van der Waals surface area (Å²) in [6.07, 6.45) is 1.38. The normalized spacial score (nSPS) is 10.0. The van der Waals surface area contributed by atoms with Crippen molar-refractivity contribution in [3.63, 3.8) is 0 Å². The third-order valence-corrected chi connectivity index (χ3v) is 2.36. The molecule has 0 fully saturated rings. The van der Waals surface area contributed by atoms with Gasteiger partial charge in [0.15, 0.2) is 5.82 Å². The number of benzene rings is 1. The van der Waals surface area contributed by atoms with Crippen LogP contribution in [0.4, 0.5) is 17.2 Å². The molecule has 1 aromatic carbocycles. The summed E-state index contributed by atoms with van der Waals surface area (Å²) < 4.78 is 5.00. The Balaban J connectivity index is 2.30. The van der Waals surface area contributed by atoms with Gasteiger partial charge in [-0.3, -0.25) is 0 Å². The maximum Gasteiger partial charge on any atom is 0.242 e. The molecule has 0 saturated heterocycles. The van der Waals surface area contributed by atoms with E-state index in [4.69, 9.17) is 22.1 Å². The van der Waals surface area contributed by atoms with E-state index in [1.165, 1.54) is 13.4 Å². The minimum absolute atomic E-state index is 0.338. The molecule has 0 atom stereocenters. The van der Waals surface area contributed by atoms with Gasteiger partial charge in [0.2, 0.25) is 5.88 Å². The van der Waals surface area contributed by atoms with Crippen LogP contribution in [0.15, 0.2) is 30.6 Å². The number of nitrogens with one attached hydrogen (secondary N) is 1. The lowest BCUT2D eigenvalue weighted by atomic mass is 10.3. The maximum atomic E-state index is 5.88. The number of nitrogen functional groups attached to an aromatic ring is 1. The molecule has 0 aliphatic rings. The molecule has 0 aliphatic carbocycles. The van der Waals surface area contributed by atoms with Crippen LogP contribution in [0.5, 0.6) is 5.88 Å². The lowest BCUT2D eigenvalue weighted by Gasteiger charge is -2.10. The summed E-state index contributed by atoms with van der Waals surface area (Å²) in [6, 6.07) is 7.26. The van der Waals surface area contributed by atoms with E-state index in [0.29, 0.717) is 22.4 Å². The first-order valence-electron chi connectivity index (χ1n) is 4.88. The van der Waals surface area contributed by atoms with Gasteiger partial charge in [-0.1, -0.05) is 17.7 Å². The summed E-state index contributed by atoms with van der Waals surface area (Å²) in [4.78, 5) is 7.93. The second-order valence-corrected chi connectivity index (χ2v) is 3.72. The molecule has 0 unspecified atom stereocenters. The van der Waals surface area contributed by atoms with Crippen LogP contribution in [-0.4, -0.2) is 17.1 Å². The standard InChI is InChI=1S/C11H11ClN4O/c1-17-11-9(13)10(14-6-15-11)16-8-4-2-3-7(12)5-8/h2-6H,13H2,1H3,(H,14,15,16). The van der Waals surface area contributed by atoms with Gasteiger partial charge in [0, 0.05) is 10.7 Å². The average molecular weight is 251 g/mol. The Kier molecular flexibility index (Phi) is 3.30. The Hall–Kier alpha value is -2.01. The number of anilines is 3. The van der Waals surface area contributed by atoms with Crippen LogP contribution in [0.3, 0.4) is 0 Å². The topological polar surface area (TPSA) is 73.1 Å². The van der Waals surface area contributed by atoms with Crippen LogP contribution in [0.2, 0.25) is 5.02 Å². The molecule has 0 spiro atoms. The van der Waals surface area contributed by atoms with E-state index in [1.54, 1.807) is 12.1 Å². The number of hydrogen-bond acceptors (Lipinski definition) is 5. The van der Waals surface area contributed by atoms with Gasteiger partial charge in [-0.2, -0.15) is 4.98 Å². The number of methoxy groups -OCH3 is 1. The lowest BCUT2D eigenvalue weighted by Crippen LogP contribution is -2.03. The predicted molar refractivity (Wildman–Crippen MR) is 67.7 cm³/mol. The van der Waals surface area contributed by atoms with E-state index in [-0.39, 0.29) is 0 Å². The first-order chi connectivity index (χ1) is 8.20. The molecule has 1 heterocycles. The fourth-order valence-electron chi connectivity index (χ4n) is 1.34. The molecule has 0 saturated carbocycles. The van der Waals surface area contributed by atoms with Gasteiger partial charge >= 0.3 is 0 Å². The minimum atomic E-state index is 0.338. The summed E-state index contributed by atoms with van der Waals surface area (Å²) in [7, 11) is 1.50. The highest BCUT2D eigenvalue weighted by Crippen LogP contribution is 2.27. The zero-order valence-corrected chi connectivity index (χ0v) is 9.90. The Morgan fingerprint density at radius 3 is 2.88 bits per heavy atom. The van der Waals surface area contributed by atoms with Crippen molar-refractivity contribution in [3.05, 3.63) is 35.6 Å². The first-order valence-corrected chi connectivity index (χ1v) is 5.25. The number of nitrogens with two attached hydrogens (primary N) is 1. The number of halogens is 1. The van der Waals surface area contributed by atoms with Crippen LogP contribution in [0.1, 0.15) is 0 Å². The predicted octanol–water partition coefficient (Wildman–Crippen LogP) is 2.46. The van der Waals surface area contributed by atoms with E-state index in [0.717, 1.165) is 5.69 Å². The smallest absolute Gasteiger partial charge is 0.242 e. The van der Waals surface area contributed by atoms with Gasteiger partial charge in [0.1, 0.15) is 12.0 Å². The van der Waals surface area contributed by atoms with Crippen molar-refractivity contribution >= 4 is 28.8 Å². The number of nitrogens with zero attached hydrogens (tertiary/aromatic N) is 2. The zero-order valence-electron chi connectivity index (χ0n) is 9.14. The lowest BCUT2D eigenvalue weighted by molar-refractivity contribution is 0.399. The largest absolute Gasteiger partial charge is 0.479 e. The van der Waals surface area contributed by atoms with Gasteiger partial charge in [0.25, 0.3) is 0 Å². The SMILES string of the molecule is COc1ncnc(Nc2cccc(Cl)c2)c1N. The third-order valence-electron chi connectivity index (χ3n) is 2.13. The van der Waals surface area contributed by atoms with Gasteiger partial charge in [-0.05, 0) is 18.2 Å². The molecule has 88 valence electrons. The molecule has 0 bridgehead atoms. The highest BCUT2D eigenvalue weighted by molar-refractivity contribution is 6.30. The Morgan fingerprint density at radius 2 is 2.18 bits per heavy atom. The molecule has 0 aliphatic heterocycles.